The van der Waals surface area contributed by atoms with Gasteiger partial charge in [-0.3, -0.25) is 19.8 Å². The van der Waals surface area contributed by atoms with Gasteiger partial charge in [0, 0.05) is 30.7 Å². The van der Waals surface area contributed by atoms with E-state index in [1.807, 2.05) is 0 Å². The molecule has 0 atom stereocenters. The Kier molecular flexibility index (Phi) is 17.3. The van der Waals surface area contributed by atoms with Crippen molar-refractivity contribution in [3.8, 4) is 0 Å². The lowest BCUT2D eigenvalue weighted by molar-refractivity contribution is -0.594. The van der Waals surface area contributed by atoms with E-state index in [2.05, 4.69) is 135 Å². The lowest BCUT2D eigenvalue weighted by atomic mass is 10.2. The highest BCUT2D eigenvalue weighted by molar-refractivity contribution is 5.81. The average Bonchev–Trinajstić information content (AvgIpc) is 2.73. The number of hydrogen-bond acceptors (Lipinski definition) is 1. The minimum Gasteiger partial charge on any atom is -0.338 e. The smallest absolute Gasteiger partial charge is 0.338 e. The SMILES string of the molecule is CC(C)N(C(=NCCCCCCNC(N(C(C)C)C(C)C)=[N+](C(C)C)C(C)C)N(C(C)C)C(C)C)C(C)C. The van der Waals surface area contributed by atoms with Gasteiger partial charge in [0.05, 0.1) is 30.7 Å². The summed E-state index contributed by atoms with van der Waals surface area (Å²) in [5, 5.41) is 3.86. The first-order chi connectivity index (χ1) is 17.6. The van der Waals surface area contributed by atoms with Crippen molar-refractivity contribution in [2.24, 2.45) is 4.99 Å². The fourth-order valence-corrected chi connectivity index (χ4v) is 5.87. The van der Waals surface area contributed by atoms with Gasteiger partial charge in [-0.05, 0) is 124 Å². The van der Waals surface area contributed by atoms with Gasteiger partial charge in [0.25, 0.3) is 0 Å². The molecule has 0 fully saturated rings. The normalized spacial score (nSPS) is 12.1. The molecule has 38 heavy (non-hydrogen) atoms. The van der Waals surface area contributed by atoms with Crippen molar-refractivity contribution in [3.05, 3.63) is 0 Å². The van der Waals surface area contributed by atoms with Crippen LogP contribution in [-0.2, 0) is 0 Å². The summed E-state index contributed by atoms with van der Waals surface area (Å²) in [6.07, 6.45) is 4.77. The standard InChI is InChI=1S/C32H68N6/c1-23(2)35(24(3)4)31(36(25(5)6)26(7)8)33-21-19-17-18-20-22-34-32(37(27(9)10)28(11)12)38(29(13)14)30(15)16/h23-30H,17-22H2,1-16H3/p+1. The van der Waals surface area contributed by atoms with Crippen molar-refractivity contribution in [1.82, 2.24) is 20.0 Å². The molecule has 0 saturated carbocycles. The molecular weight excluding hydrogens is 468 g/mol. The van der Waals surface area contributed by atoms with Gasteiger partial charge < -0.3 is 9.80 Å². The number of hydrogen-bond donors (Lipinski definition) is 1. The predicted molar refractivity (Wildman–Crippen MR) is 171 cm³/mol. The van der Waals surface area contributed by atoms with E-state index >= 15 is 0 Å². The Morgan fingerprint density at radius 2 is 0.895 bits per heavy atom. The van der Waals surface area contributed by atoms with E-state index in [1.165, 1.54) is 31.2 Å². The van der Waals surface area contributed by atoms with Gasteiger partial charge in [0.1, 0.15) is 0 Å². The van der Waals surface area contributed by atoms with Crippen molar-refractivity contribution in [2.45, 2.75) is 185 Å². The summed E-state index contributed by atoms with van der Waals surface area (Å²) >= 11 is 0. The fraction of sp³-hybridized carbons (Fsp3) is 0.938. The number of nitrogens with zero attached hydrogens (tertiary/aromatic N) is 5. The summed E-state index contributed by atoms with van der Waals surface area (Å²) in [5.74, 6) is 2.46. The van der Waals surface area contributed by atoms with Gasteiger partial charge in [-0.25, -0.2) is 0 Å². The van der Waals surface area contributed by atoms with Crippen LogP contribution < -0.4 is 5.32 Å². The zero-order valence-corrected chi connectivity index (χ0v) is 28.6. The molecule has 0 bridgehead atoms. The van der Waals surface area contributed by atoms with Crippen molar-refractivity contribution < 1.29 is 4.58 Å². The molecule has 0 amide bonds. The molecular formula is C32H69N6+. The van der Waals surface area contributed by atoms with E-state index in [1.54, 1.807) is 0 Å². The topological polar surface area (TPSA) is 37.1 Å². The van der Waals surface area contributed by atoms with Crippen molar-refractivity contribution in [2.75, 3.05) is 13.1 Å². The quantitative estimate of drug-likeness (QED) is 0.105. The van der Waals surface area contributed by atoms with E-state index in [-0.39, 0.29) is 0 Å². The van der Waals surface area contributed by atoms with Gasteiger partial charge in [0.2, 0.25) is 0 Å². The van der Waals surface area contributed by atoms with Gasteiger partial charge >= 0.3 is 5.96 Å². The lowest BCUT2D eigenvalue weighted by Gasteiger charge is -2.43. The second-order valence-electron chi connectivity index (χ2n) is 13.2. The monoisotopic (exact) mass is 538 g/mol. The molecule has 0 unspecified atom stereocenters. The number of guanidine groups is 2. The number of rotatable bonds is 15. The molecule has 226 valence electrons. The Morgan fingerprint density at radius 3 is 1.24 bits per heavy atom. The highest BCUT2D eigenvalue weighted by atomic mass is 15.4. The Hall–Kier alpha value is -1.46. The third kappa shape index (κ3) is 11.7. The number of aliphatic imine (C=N–C) groups is 1. The maximum atomic E-state index is 5.21. The summed E-state index contributed by atoms with van der Waals surface area (Å²) < 4.78 is 2.54. The molecule has 0 radical (unpaired) electrons. The predicted octanol–water partition coefficient (Wildman–Crippen LogP) is 7.03. The first-order valence-electron chi connectivity index (χ1n) is 15.8. The average molecular weight is 538 g/mol. The van der Waals surface area contributed by atoms with Crippen LogP contribution in [0.5, 0.6) is 0 Å². The third-order valence-corrected chi connectivity index (χ3v) is 7.02. The third-order valence-electron chi connectivity index (χ3n) is 7.02. The number of nitrogens with one attached hydrogen (secondary N) is 1. The van der Waals surface area contributed by atoms with Crippen LogP contribution in [0.25, 0.3) is 0 Å². The first-order valence-corrected chi connectivity index (χ1v) is 15.8. The Morgan fingerprint density at radius 1 is 0.526 bits per heavy atom. The zero-order valence-electron chi connectivity index (χ0n) is 28.6. The van der Waals surface area contributed by atoms with Crippen LogP contribution in [0.15, 0.2) is 4.99 Å². The molecule has 0 rings (SSSR count). The summed E-state index contributed by atoms with van der Waals surface area (Å²) in [6, 6.07) is 3.54. The maximum Gasteiger partial charge on any atom is 0.348 e. The van der Waals surface area contributed by atoms with Crippen LogP contribution >= 0.6 is 0 Å². The Bertz CT molecular complexity index is 632. The van der Waals surface area contributed by atoms with E-state index in [0.29, 0.717) is 48.3 Å². The largest absolute Gasteiger partial charge is 0.348 e. The first kappa shape index (κ1) is 36.5. The Balaban J connectivity index is 5.31. The molecule has 0 aliphatic heterocycles. The second kappa shape index (κ2) is 18.0. The van der Waals surface area contributed by atoms with Gasteiger partial charge in [-0.2, -0.15) is 0 Å². The van der Waals surface area contributed by atoms with Gasteiger partial charge in [0.15, 0.2) is 5.96 Å². The zero-order chi connectivity index (χ0) is 29.7. The van der Waals surface area contributed by atoms with Crippen LogP contribution in [-0.4, -0.2) is 92.6 Å². The minimum absolute atomic E-state index is 0.428. The van der Waals surface area contributed by atoms with Crippen molar-refractivity contribution in [3.63, 3.8) is 0 Å². The molecule has 0 aromatic rings. The van der Waals surface area contributed by atoms with E-state index in [9.17, 15) is 0 Å². The molecule has 0 aromatic carbocycles. The number of unbranched alkanes of at least 4 members (excludes halogenated alkanes) is 3. The van der Waals surface area contributed by atoms with E-state index < -0.39 is 0 Å². The van der Waals surface area contributed by atoms with Crippen LogP contribution in [0.3, 0.4) is 0 Å². The molecule has 0 heterocycles. The van der Waals surface area contributed by atoms with Crippen molar-refractivity contribution >= 4 is 11.9 Å². The minimum atomic E-state index is 0.428. The molecule has 6 nitrogen and oxygen atoms in total. The molecule has 0 spiro atoms. The van der Waals surface area contributed by atoms with Gasteiger partial charge in [-0.15, -0.1) is 0 Å². The molecule has 1 N–H and O–H groups in total. The molecule has 0 aliphatic rings. The summed E-state index contributed by atoms with van der Waals surface area (Å²) in [7, 11) is 0. The molecule has 0 saturated heterocycles. The van der Waals surface area contributed by atoms with Crippen LogP contribution in [0.2, 0.25) is 0 Å². The van der Waals surface area contributed by atoms with Crippen LogP contribution in [0.1, 0.15) is 136 Å². The van der Waals surface area contributed by atoms with Gasteiger partial charge in [-0.1, -0.05) is 12.8 Å². The van der Waals surface area contributed by atoms with Crippen LogP contribution in [0, 0.1) is 0 Å². The highest BCUT2D eigenvalue weighted by Gasteiger charge is 2.30. The maximum absolute atomic E-state index is 5.21. The van der Waals surface area contributed by atoms with Crippen LogP contribution in [0.4, 0.5) is 0 Å². The van der Waals surface area contributed by atoms with Crippen molar-refractivity contribution in [1.29, 1.82) is 0 Å². The molecule has 6 heteroatoms. The van der Waals surface area contributed by atoms with E-state index in [4.69, 9.17) is 4.99 Å². The lowest BCUT2D eigenvalue weighted by Crippen LogP contribution is -2.55. The highest BCUT2D eigenvalue weighted by Crippen LogP contribution is 2.16. The molecule has 0 aliphatic carbocycles. The Labute approximate surface area is 239 Å². The summed E-state index contributed by atoms with van der Waals surface area (Å²) in [6.45, 7) is 38.6. The second-order valence-corrected chi connectivity index (χ2v) is 13.2. The fourth-order valence-electron chi connectivity index (χ4n) is 5.87. The summed E-state index contributed by atoms with van der Waals surface area (Å²) in [5.41, 5.74) is 0. The molecule has 0 aromatic heterocycles. The summed E-state index contributed by atoms with van der Waals surface area (Å²) in [4.78, 5) is 12.7. The van der Waals surface area contributed by atoms with E-state index in [0.717, 1.165) is 19.5 Å².